The summed E-state index contributed by atoms with van der Waals surface area (Å²) in [5.74, 6) is 0. The molecule has 0 aromatic heterocycles. The summed E-state index contributed by atoms with van der Waals surface area (Å²) in [4.78, 5) is 2.11. The van der Waals surface area contributed by atoms with Crippen LogP contribution in [0.25, 0.3) is 0 Å². The van der Waals surface area contributed by atoms with Crippen molar-refractivity contribution in [1.82, 2.24) is 0 Å². The first-order chi connectivity index (χ1) is 9.15. The number of hydrogen-bond donors (Lipinski definition) is 0. The second-order valence-electron chi connectivity index (χ2n) is 4.48. The molecule has 2 rings (SSSR count). The van der Waals surface area contributed by atoms with Crippen molar-refractivity contribution in [2.45, 2.75) is 12.3 Å². The van der Waals surface area contributed by atoms with E-state index < -0.39 is 0 Å². The molecule has 0 spiro atoms. The highest BCUT2D eigenvalue weighted by molar-refractivity contribution is 9.08. The zero-order valence-electron chi connectivity index (χ0n) is 11.0. The molecule has 0 aliphatic rings. The van der Waals surface area contributed by atoms with Gasteiger partial charge in [-0.05, 0) is 42.3 Å². The molecule has 96 valence electrons. The van der Waals surface area contributed by atoms with Crippen LogP contribution in [0.15, 0.2) is 42.5 Å². The monoisotopic (exact) mass is 314 g/mol. The molecule has 0 fully saturated rings. The minimum absolute atomic E-state index is 0.680. The first-order valence-corrected chi connectivity index (χ1v) is 7.17. The fraction of sp³-hybridized carbons (Fsp3) is 0.188. The molecule has 0 unspecified atom stereocenters. The van der Waals surface area contributed by atoms with Gasteiger partial charge in [-0.25, -0.2) is 0 Å². The van der Waals surface area contributed by atoms with Crippen molar-refractivity contribution in [1.29, 1.82) is 5.26 Å². The number of benzene rings is 2. The van der Waals surface area contributed by atoms with Gasteiger partial charge < -0.3 is 4.90 Å². The second-order valence-corrected chi connectivity index (χ2v) is 5.04. The number of nitrogens with zero attached hydrogens (tertiary/aromatic N) is 2. The van der Waals surface area contributed by atoms with Crippen molar-refractivity contribution in [2.75, 3.05) is 11.9 Å². The highest BCUT2D eigenvalue weighted by atomic mass is 79.9. The van der Waals surface area contributed by atoms with Crippen molar-refractivity contribution < 1.29 is 0 Å². The van der Waals surface area contributed by atoms with E-state index in [9.17, 15) is 0 Å². The van der Waals surface area contributed by atoms with E-state index in [1.54, 1.807) is 0 Å². The molecule has 0 heterocycles. The Morgan fingerprint density at radius 1 is 1.21 bits per heavy atom. The van der Waals surface area contributed by atoms with Crippen LogP contribution >= 0.6 is 15.9 Å². The van der Waals surface area contributed by atoms with Gasteiger partial charge in [0.15, 0.2) is 0 Å². The van der Waals surface area contributed by atoms with Crippen molar-refractivity contribution in [2.24, 2.45) is 0 Å². The van der Waals surface area contributed by atoms with E-state index in [4.69, 9.17) is 5.26 Å². The summed E-state index contributed by atoms with van der Waals surface area (Å²) in [6.07, 6.45) is 0. The predicted octanol–water partition coefficient (Wildman–Crippen LogP) is 4.53. The lowest BCUT2D eigenvalue weighted by Crippen LogP contribution is -2.11. The van der Waals surface area contributed by atoms with Crippen molar-refractivity contribution in [3.05, 3.63) is 59.2 Å². The number of anilines is 2. The van der Waals surface area contributed by atoms with Gasteiger partial charge in [-0.15, -0.1) is 0 Å². The maximum atomic E-state index is 8.96. The van der Waals surface area contributed by atoms with E-state index in [0.717, 1.165) is 16.7 Å². The average molecular weight is 315 g/mol. The maximum Gasteiger partial charge on any atom is 0.0992 e. The van der Waals surface area contributed by atoms with Gasteiger partial charge in [0.25, 0.3) is 0 Å². The first-order valence-electron chi connectivity index (χ1n) is 6.05. The number of aryl methyl sites for hydroxylation is 1. The summed E-state index contributed by atoms with van der Waals surface area (Å²) in [5.41, 5.74) is 5.34. The molecule has 0 saturated carbocycles. The molecule has 0 atom stereocenters. The van der Waals surface area contributed by atoms with Gasteiger partial charge in [0.1, 0.15) is 0 Å². The maximum absolute atomic E-state index is 8.96. The predicted molar refractivity (Wildman–Crippen MR) is 83.0 cm³/mol. The van der Waals surface area contributed by atoms with Gasteiger partial charge in [0, 0.05) is 23.8 Å². The third-order valence-corrected chi connectivity index (χ3v) is 3.79. The van der Waals surface area contributed by atoms with Crippen LogP contribution < -0.4 is 4.90 Å². The van der Waals surface area contributed by atoms with Gasteiger partial charge in [-0.2, -0.15) is 5.26 Å². The Morgan fingerprint density at radius 3 is 2.63 bits per heavy atom. The van der Waals surface area contributed by atoms with Gasteiger partial charge in [0.2, 0.25) is 0 Å². The summed E-state index contributed by atoms with van der Waals surface area (Å²) in [6.45, 7) is 2.10. The zero-order chi connectivity index (χ0) is 13.8. The molecule has 3 heteroatoms. The zero-order valence-corrected chi connectivity index (χ0v) is 12.6. The second kappa shape index (κ2) is 5.90. The van der Waals surface area contributed by atoms with Gasteiger partial charge in [0.05, 0.1) is 11.6 Å². The molecule has 2 aromatic carbocycles. The van der Waals surface area contributed by atoms with E-state index in [1.807, 2.05) is 31.3 Å². The Bertz CT molecular complexity index is 629. The van der Waals surface area contributed by atoms with Crippen molar-refractivity contribution >= 4 is 27.3 Å². The standard InChI is InChI=1S/C16H15BrN2/c1-12-8-13(10-17)6-7-16(12)19(2)15-5-3-4-14(9-15)11-18/h3-9H,10H2,1-2H3. The Balaban J connectivity index is 2.38. The topological polar surface area (TPSA) is 27.0 Å². The van der Waals surface area contributed by atoms with Crippen LogP contribution in [0.5, 0.6) is 0 Å². The summed E-state index contributed by atoms with van der Waals surface area (Å²) < 4.78 is 0. The lowest BCUT2D eigenvalue weighted by molar-refractivity contribution is 1.17. The van der Waals surface area contributed by atoms with Crippen LogP contribution in [0.2, 0.25) is 0 Å². The molecule has 0 aliphatic carbocycles. The molecular formula is C16H15BrN2. The minimum Gasteiger partial charge on any atom is -0.344 e. The first kappa shape index (κ1) is 13.6. The van der Waals surface area contributed by atoms with E-state index in [-0.39, 0.29) is 0 Å². The molecule has 0 amide bonds. The fourth-order valence-electron chi connectivity index (χ4n) is 2.10. The average Bonchev–Trinajstić information content (AvgIpc) is 2.46. The molecule has 2 aromatic rings. The molecular weight excluding hydrogens is 300 g/mol. The smallest absolute Gasteiger partial charge is 0.0992 e. The molecule has 0 N–H and O–H groups in total. The summed E-state index contributed by atoms with van der Waals surface area (Å²) in [7, 11) is 2.02. The SMILES string of the molecule is Cc1cc(CBr)ccc1N(C)c1cccc(C#N)c1. The lowest BCUT2D eigenvalue weighted by Gasteiger charge is -2.22. The van der Waals surface area contributed by atoms with Crippen LogP contribution in [0.3, 0.4) is 0 Å². The molecule has 0 bridgehead atoms. The van der Waals surface area contributed by atoms with E-state index in [2.05, 4.69) is 52.0 Å². The Morgan fingerprint density at radius 2 is 2.00 bits per heavy atom. The van der Waals surface area contributed by atoms with E-state index in [0.29, 0.717) is 5.56 Å². The number of hydrogen-bond acceptors (Lipinski definition) is 2. The molecule has 0 radical (unpaired) electrons. The lowest BCUT2D eigenvalue weighted by atomic mass is 10.1. The Labute approximate surface area is 122 Å². The third kappa shape index (κ3) is 2.97. The normalized spacial score (nSPS) is 10.0. The van der Waals surface area contributed by atoms with Crippen LogP contribution in [0, 0.1) is 18.3 Å². The van der Waals surface area contributed by atoms with Crippen LogP contribution in [-0.2, 0) is 5.33 Å². The summed E-state index contributed by atoms with van der Waals surface area (Å²) in [6, 6.07) is 16.2. The quantitative estimate of drug-likeness (QED) is 0.778. The van der Waals surface area contributed by atoms with Crippen LogP contribution in [-0.4, -0.2) is 7.05 Å². The van der Waals surface area contributed by atoms with Crippen molar-refractivity contribution in [3.63, 3.8) is 0 Å². The fourth-order valence-corrected chi connectivity index (χ4v) is 2.45. The summed E-state index contributed by atoms with van der Waals surface area (Å²) in [5, 5.41) is 9.83. The van der Waals surface area contributed by atoms with E-state index >= 15 is 0 Å². The Kier molecular flexibility index (Phi) is 4.24. The van der Waals surface area contributed by atoms with Crippen LogP contribution in [0.1, 0.15) is 16.7 Å². The number of halogens is 1. The van der Waals surface area contributed by atoms with Crippen LogP contribution in [0.4, 0.5) is 11.4 Å². The highest BCUT2D eigenvalue weighted by Gasteiger charge is 2.08. The van der Waals surface area contributed by atoms with E-state index in [1.165, 1.54) is 11.1 Å². The largest absolute Gasteiger partial charge is 0.344 e. The van der Waals surface area contributed by atoms with Gasteiger partial charge in [-0.3, -0.25) is 0 Å². The minimum atomic E-state index is 0.680. The number of alkyl halides is 1. The number of rotatable bonds is 3. The summed E-state index contributed by atoms with van der Waals surface area (Å²) >= 11 is 3.47. The molecule has 0 aliphatic heterocycles. The molecule has 19 heavy (non-hydrogen) atoms. The Hall–Kier alpha value is -1.79. The highest BCUT2D eigenvalue weighted by Crippen LogP contribution is 2.28. The van der Waals surface area contributed by atoms with Gasteiger partial charge >= 0.3 is 0 Å². The third-order valence-electron chi connectivity index (χ3n) is 3.14. The molecule has 0 saturated heterocycles. The number of nitriles is 1. The molecule has 2 nitrogen and oxygen atoms in total. The van der Waals surface area contributed by atoms with Crippen molar-refractivity contribution in [3.8, 4) is 6.07 Å². The van der Waals surface area contributed by atoms with Gasteiger partial charge in [-0.1, -0.05) is 34.1 Å².